The Labute approximate surface area is 242 Å². The predicted octanol–water partition coefficient (Wildman–Crippen LogP) is 2.96. The molecule has 11 heteroatoms. The van der Waals surface area contributed by atoms with Crippen LogP contribution >= 0.6 is 0 Å². The van der Waals surface area contributed by atoms with Gasteiger partial charge in [0.15, 0.2) is 10.7 Å². The predicted molar refractivity (Wildman–Crippen MR) is 128 cm³/mol. The molecule has 3 aliphatic rings. The van der Waals surface area contributed by atoms with Crippen molar-refractivity contribution in [2.75, 3.05) is 5.32 Å². The molecule has 2 aliphatic carbocycles. The van der Waals surface area contributed by atoms with E-state index in [4.69, 9.17) is 6.42 Å². The standard InChI is InChI=1S/C23H26N6O3S.K/c1-2-3-11-23(27-28-23)12-14-29-13-10-20(25-29)33(31,32)26-22(30)24-21-18-8-4-6-16(18)15-17-7-5-9-19(17)21;/h1,10,13,15H,3-9,11-12,14H2,(H2,24,26,30);. The maximum Gasteiger partial charge on any atom is 0.333 e. The first-order valence-electron chi connectivity index (χ1n) is 11.3. The zero-order valence-electron chi connectivity index (χ0n) is 19.3. The Morgan fingerprint density at radius 2 is 1.79 bits per heavy atom. The number of carbonyl (C=O) groups is 1. The van der Waals surface area contributed by atoms with Gasteiger partial charge in [-0.25, -0.2) is 9.52 Å². The molecule has 0 saturated heterocycles. The monoisotopic (exact) mass is 505 g/mol. The largest absolute Gasteiger partial charge is 0.333 e. The molecule has 173 valence electrons. The zero-order chi connectivity index (χ0) is 23.1. The van der Waals surface area contributed by atoms with Crippen LogP contribution in [0.4, 0.5) is 10.5 Å². The summed E-state index contributed by atoms with van der Waals surface area (Å²) in [5.74, 6) is 2.58. The molecular formula is C23H26KN6O3S. The molecule has 0 spiro atoms. The average molecular weight is 506 g/mol. The van der Waals surface area contributed by atoms with E-state index >= 15 is 0 Å². The fourth-order valence-electron chi connectivity index (χ4n) is 4.85. The van der Waals surface area contributed by atoms with E-state index in [2.05, 4.69) is 37.4 Å². The molecule has 5 rings (SSSR count). The Morgan fingerprint density at radius 3 is 2.41 bits per heavy atom. The van der Waals surface area contributed by atoms with Gasteiger partial charge < -0.3 is 5.32 Å². The van der Waals surface area contributed by atoms with E-state index in [0.29, 0.717) is 25.8 Å². The minimum absolute atomic E-state index is 0. The molecule has 2 heterocycles. The van der Waals surface area contributed by atoms with Crippen LogP contribution in [0.2, 0.25) is 0 Å². The van der Waals surface area contributed by atoms with Crippen molar-refractivity contribution < 1.29 is 13.2 Å². The van der Waals surface area contributed by atoms with Gasteiger partial charge >= 0.3 is 6.03 Å². The van der Waals surface area contributed by atoms with Crippen molar-refractivity contribution in [2.24, 2.45) is 10.2 Å². The van der Waals surface area contributed by atoms with Crippen LogP contribution < -0.4 is 10.0 Å². The van der Waals surface area contributed by atoms with E-state index in [9.17, 15) is 13.2 Å². The molecule has 0 bridgehead atoms. The van der Waals surface area contributed by atoms with Crippen LogP contribution in [-0.4, -0.2) is 81.3 Å². The van der Waals surface area contributed by atoms with Crippen LogP contribution in [0, 0.1) is 12.3 Å². The van der Waals surface area contributed by atoms with E-state index in [0.717, 1.165) is 55.3 Å². The second-order valence-electron chi connectivity index (χ2n) is 8.85. The molecule has 0 atom stereocenters. The Bertz CT molecular complexity index is 1260. The summed E-state index contributed by atoms with van der Waals surface area (Å²) in [7, 11) is -4.11. The number of terminal acetylenes is 1. The van der Waals surface area contributed by atoms with Crippen LogP contribution in [0.3, 0.4) is 0 Å². The van der Waals surface area contributed by atoms with E-state index in [1.807, 2.05) is 0 Å². The van der Waals surface area contributed by atoms with Gasteiger partial charge in [-0.05, 0) is 66.8 Å². The topological polar surface area (TPSA) is 118 Å². The summed E-state index contributed by atoms with van der Waals surface area (Å²) in [6, 6.07) is 2.88. The van der Waals surface area contributed by atoms with Crippen LogP contribution in [0.1, 0.15) is 54.4 Å². The maximum absolute atomic E-state index is 12.8. The Kier molecular flexibility index (Phi) is 7.66. The number of nitrogens with zero attached hydrogens (tertiary/aromatic N) is 4. The first-order chi connectivity index (χ1) is 15.9. The number of urea groups is 1. The van der Waals surface area contributed by atoms with E-state index in [1.165, 1.54) is 21.9 Å². The Morgan fingerprint density at radius 1 is 1.12 bits per heavy atom. The van der Waals surface area contributed by atoms with Gasteiger partial charge in [-0.3, -0.25) is 4.68 Å². The molecule has 34 heavy (non-hydrogen) atoms. The van der Waals surface area contributed by atoms with Gasteiger partial charge in [0.25, 0.3) is 10.0 Å². The summed E-state index contributed by atoms with van der Waals surface area (Å²) in [5.41, 5.74) is 5.14. The summed E-state index contributed by atoms with van der Waals surface area (Å²) in [6.07, 6.45) is 14.6. The molecule has 1 radical (unpaired) electrons. The first kappa shape index (κ1) is 25.5. The number of hydrogen-bond acceptors (Lipinski definition) is 6. The van der Waals surface area contributed by atoms with Crippen molar-refractivity contribution in [1.82, 2.24) is 14.5 Å². The van der Waals surface area contributed by atoms with Crippen molar-refractivity contribution in [3.8, 4) is 12.3 Å². The SMILES string of the molecule is C#CCCC1(CCn2ccc(S(=O)(=O)NC(=O)Nc3c4c(cc5c3CCC5)CCC4)n2)N=N1.[K]. The Hall–Kier alpha value is -1.55. The van der Waals surface area contributed by atoms with E-state index in [1.54, 1.807) is 6.20 Å². The quantitative estimate of drug-likeness (QED) is 0.424. The van der Waals surface area contributed by atoms with Crippen molar-refractivity contribution in [1.29, 1.82) is 0 Å². The van der Waals surface area contributed by atoms with Gasteiger partial charge in [0.2, 0.25) is 0 Å². The first-order valence-corrected chi connectivity index (χ1v) is 12.8. The normalized spacial score (nSPS) is 16.8. The third kappa shape index (κ3) is 5.32. The molecular weight excluding hydrogens is 479 g/mol. The van der Waals surface area contributed by atoms with Gasteiger partial charge in [0.1, 0.15) is 0 Å². The van der Waals surface area contributed by atoms with Crippen LogP contribution in [0.5, 0.6) is 0 Å². The number of sulfonamides is 1. The number of aryl methyl sites for hydroxylation is 3. The smallest absolute Gasteiger partial charge is 0.307 e. The number of rotatable bonds is 8. The molecule has 2 N–H and O–H groups in total. The molecule has 2 aromatic rings. The molecule has 1 aromatic carbocycles. The van der Waals surface area contributed by atoms with Gasteiger partial charge in [-0.15, -0.1) is 12.3 Å². The van der Waals surface area contributed by atoms with Crippen molar-refractivity contribution >= 4 is 73.1 Å². The summed E-state index contributed by atoms with van der Waals surface area (Å²) in [5, 5.41) is 14.9. The number of fused-ring (bicyclic) bond motifs is 2. The molecule has 0 saturated carbocycles. The summed E-state index contributed by atoms with van der Waals surface area (Å²) >= 11 is 0. The number of benzene rings is 1. The van der Waals surface area contributed by atoms with Gasteiger partial charge in [0.05, 0.1) is 0 Å². The maximum atomic E-state index is 12.8. The van der Waals surface area contributed by atoms with Crippen LogP contribution in [-0.2, 0) is 42.3 Å². The van der Waals surface area contributed by atoms with Crippen LogP contribution in [0.25, 0.3) is 0 Å². The van der Waals surface area contributed by atoms with Crippen molar-refractivity contribution in [3.05, 3.63) is 40.6 Å². The molecule has 0 unspecified atom stereocenters. The van der Waals surface area contributed by atoms with Crippen molar-refractivity contribution in [3.63, 3.8) is 0 Å². The Balaban J connectivity index is 0.00000274. The fourth-order valence-corrected chi connectivity index (χ4v) is 5.71. The van der Waals surface area contributed by atoms with Crippen LogP contribution in [0.15, 0.2) is 33.6 Å². The number of nitrogens with one attached hydrogen (secondary N) is 2. The average Bonchev–Trinajstić information content (AvgIpc) is 3.20. The minimum Gasteiger partial charge on any atom is -0.307 e. The second-order valence-corrected chi connectivity index (χ2v) is 10.5. The fraction of sp³-hybridized carbons (Fsp3) is 0.478. The number of carbonyl (C=O) groups excluding carboxylic acids is 1. The third-order valence-electron chi connectivity index (χ3n) is 6.62. The van der Waals surface area contributed by atoms with Gasteiger partial charge in [-0.2, -0.15) is 23.7 Å². The molecule has 9 nitrogen and oxygen atoms in total. The summed E-state index contributed by atoms with van der Waals surface area (Å²) in [4.78, 5) is 12.7. The number of hydrogen-bond donors (Lipinski definition) is 2. The number of amides is 2. The van der Waals surface area contributed by atoms with Crippen molar-refractivity contribution in [2.45, 2.75) is 75.0 Å². The molecule has 0 fully saturated rings. The van der Waals surface area contributed by atoms with E-state index < -0.39 is 21.7 Å². The van der Waals surface area contributed by atoms with Gasteiger partial charge in [0, 0.05) is 89.1 Å². The molecule has 1 aromatic heterocycles. The van der Waals surface area contributed by atoms with Gasteiger partial charge in [-0.1, -0.05) is 6.07 Å². The van der Waals surface area contributed by atoms with E-state index in [-0.39, 0.29) is 56.4 Å². The summed E-state index contributed by atoms with van der Waals surface area (Å²) < 4.78 is 29.2. The third-order valence-corrected chi connectivity index (χ3v) is 7.85. The number of aromatic nitrogens is 2. The summed E-state index contributed by atoms with van der Waals surface area (Å²) in [6.45, 7) is 0.446. The molecule has 1 aliphatic heterocycles. The number of anilines is 1. The second kappa shape index (κ2) is 10.2. The minimum atomic E-state index is -4.11. The molecule has 2 amide bonds. The zero-order valence-corrected chi connectivity index (χ0v) is 23.2.